The molecular formula is C16H14ClN5OS. The number of halogens is 1. The number of aromatic nitrogens is 4. The van der Waals surface area contributed by atoms with Crippen molar-refractivity contribution in [1.29, 1.82) is 0 Å². The first-order valence-electron chi connectivity index (χ1n) is 7.18. The van der Waals surface area contributed by atoms with E-state index in [9.17, 15) is 4.79 Å². The van der Waals surface area contributed by atoms with Crippen molar-refractivity contribution in [2.75, 3.05) is 5.32 Å². The number of nitrogens with zero attached hydrogens (tertiary/aromatic N) is 4. The molecule has 0 radical (unpaired) electrons. The quantitative estimate of drug-likeness (QED) is 0.706. The predicted molar refractivity (Wildman–Crippen MR) is 94.6 cm³/mol. The molecule has 3 aromatic rings. The van der Waals surface area contributed by atoms with Crippen molar-refractivity contribution in [2.45, 2.75) is 17.1 Å². The Balaban J connectivity index is 1.60. The highest BCUT2D eigenvalue weighted by Crippen LogP contribution is 2.25. The summed E-state index contributed by atoms with van der Waals surface area (Å²) >= 11 is 7.34. The normalized spacial score (nSPS) is 11.9. The third-order valence-corrected chi connectivity index (χ3v) is 4.61. The van der Waals surface area contributed by atoms with Crippen molar-refractivity contribution in [1.82, 2.24) is 20.2 Å². The van der Waals surface area contributed by atoms with Crippen molar-refractivity contribution in [3.8, 4) is 5.69 Å². The highest BCUT2D eigenvalue weighted by molar-refractivity contribution is 8.00. The fourth-order valence-corrected chi connectivity index (χ4v) is 2.99. The van der Waals surface area contributed by atoms with Crippen molar-refractivity contribution in [3.63, 3.8) is 0 Å². The number of hydrogen-bond acceptors (Lipinski definition) is 5. The van der Waals surface area contributed by atoms with Gasteiger partial charge < -0.3 is 5.32 Å². The first-order chi connectivity index (χ1) is 11.6. The minimum absolute atomic E-state index is 0.0647. The zero-order valence-electron chi connectivity index (χ0n) is 12.8. The second-order valence-corrected chi connectivity index (χ2v) is 6.86. The van der Waals surface area contributed by atoms with Gasteiger partial charge in [0.15, 0.2) is 0 Å². The Bertz CT molecular complexity index is 805. The average Bonchev–Trinajstić information content (AvgIpc) is 3.12. The maximum Gasteiger partial charge on any atom is 0.237 e. The molecule has 1 aromatic heterocycles. The molecule has 0 aliphatic heterocycles. The van der Waals surface area contributed by atoms with Gasteiger partial charge in [-0.2, -0.15) is 0 Å². The lowest BCUT2D eigenvalue weighted by Crippen LogP contribution is -2.22. The summed E-state index contributed by atoms with van der Waals surface area (Å²) < 4.78 is 1.55. The van der Waals surface area contributed by atoms with Crippen LogP contribution in [-0.4, -0.2) is 31.4 Å². The van der Waals surface area contributed by atoms with E-state index >= 15 is 0 Å². The van der Waals surface area contributed by atoms with Gasteiger partial charge in [0.1, 0.15) is 6.33 Å². The van der Waals surface area contributed by atoms with Gasteiger partial charge >= 0.3 is 0 Å². The minimum Gasteiger partial charge on any atom is -0.325 e. The molecule has 1 atom stereocenters. The molecule has 0 aliphatic rings. The predicted octanol–water partition coefficient (Wildman–Crippen LogP) is 3.44. The highest BCUT2D eigenvalue weighted by Gasteiger charge is 2.14. The Morgan fingerprint density at radius 2 is 1.88 bits per heavy atom. The Labute approximate surface area is 148 Å². The van der Waals surface area contributed by atoms with Gasteiger partial charge in [0.25, 0.3) is 0 Å². The number of amides is 1. The maximum atomic E-state index is 12.3. The van der Waals surface area contributed by atoms with Crippen LogP contribution in [0.1, 0.15) is 6.92 Å². The SMILES string of the molecule is C[C@H](Sc1ccc(Cl)cc1)C(=O)Nc1ccc(-n2cnnn2)cc1. The summed E-state index contributed by atoms with van der Waals surface area (Å²) in [7, 11) is 0. The number of carbonyl (C=O) groups excluding carboxylic acids is 1. The van der Waals surface area contributed by atoms with E-state index in [2.05, 4.69) is 20.8 Å². The summed E-state index contributed by atoms with van der Waals surface area (Å²) in [5.74, 6) is -0.0647. The van der Waals surface area contributed by atoms with E-state index < -0.39 is 0 Å². The number of nitrogens with one attached hydrogen (secondary N) is 1. The van der Waals surface area contributed by atoms with Crippen LogP contribution < -0.4 is 5.32 Å². The van der Waals surface area contributed by atoms with Crippen LogP contribution in [0.5, 0.6) is 0 Å². The molecule has 8 heteroatoms. The molecule has 0 spiro atoms. The second kappa shape index (κ2) is 7.46. The van der Waals surface area contributed by atoms with E-state index in [1.165, 1.54) is 18.1 Å². The minimum atomic E-state index is -0.231. The van der Waals surface area contributed by atoms with Crippen molar-refractivity contribution >= 4 is 35.0 Å². The molecule has 6 nitrogen and oxygen atoms in total. The molecule has 1 heterocycles. The molecule has 0 unspecified atom stereocenters. The first-order valence-corrected chi connectivity index (χ1v) is 8.44. The van der Waals surface area contributed by atoms with E-state index in [-0.39, 0.29) is 11.2 Å². The van der Waals surface area contributed by atoms with Gasteiger partial charge in [0, 0.05) is 15.6 Å². The lowest BCUT2D eigenvalue weighted by atomic mass is 10.2. The number of hydrogen-bond donors (Lipinski definition) is 1. The van der Waals surface area contributed by atoms with Crippen molar-refractivity contribution < 1.29 is 4.79 Å². The van der Waals surface area contributed by atoms with E-state index in [4.69, 9.17) is 11.6 Å². The van der Waals surface area contributed by atoms with E-state index in [1.54, 1.807) is 4.68 Å². The summed E-state index contributed by atoms with van der Waals surface area (Å²) in [6.07, 6.45) is 1.51. The molecular weight excluding hydrogens is 346 g/mol. The van der Waals surface area contributed by atoms with Gasteiger partial charge in [-0.15, -0.1) is 16.9 Å². The largest absolute Gasteiger partial charge is 0.325 e. The highest BCUT2D eigenvalue weighted by atomic mass is 35.5. The molecule has 0 bridgehead atoms. The van der Waals surface area contributed by atoms with Gasteiger partial charge in [0.2, 0.25) is 5.91 Å². The standard InChI is InChI=1S/C16H14ClN5OS/c1-11(24-15-8-2-12(17)3-9-15)16(23)19-13-4-6-14(7-5-13)22-10-18-20-21-22/h2-11H,1H3,(H,19,23)/t11-/m0/s1. The van der Waals surface area contributed by atoms with Crippen LogP contribution in [0.4, 0.5) is 5.69 Å². The van der Waals surface area contributed by atoms with E-state index in [0.29, 0.717) is 5.02 Å². The summed E-state index contributed by atoms with van der Waals surface area (Å²) in [5, 5.41) is 14.3. The first kappa shape index (κ1) is 16.5. The number of rotatable bonds is 5. The molecule has 3 rings (SSSR count). The molecule has 24 heavy (non-hydrogen) atoms. The van der Waals surface area contributed by atoms with Crippen LogP contribution in [0.15, 0.2) is 59.8 Å². The Kier molecular flexibility index (Phi) is 5.12. The second-order valence-electron chi connectivity index (χ2n) is 5.00. The summed E-state index contributed by atoms with van der Waals surface area (Å²) in [6, 6.07) is 14.7. The van der Waals surface area contributed by atoms with Crippen LogP contribution in [0.3, 0.4) is 0 Å². The molecule has 0 saturated heterocycles. The Morgan fingerprint density at radius 1 is 1.17 bits per heavy atom. The average molecular weight is 360 g/mol. The van der Waals surface area contributed by atoms with Crippen LogP contribution in [0.25, 0.3) is 5.69 Å². The Morgan fingerprint density at radius 3 is 2.50 bits per heavy atom. The molecule has 1 N–H and O–H groups in total. The smallest absolute Gasteiger partial charge is 0.237 e. The lowest BCUT2D eigenvalue weighted by Gasteiger charge is -2.12. The van der Waals surface area contributed by atoms with Crippen LogP contribution in [-0.2, 0) is 4.79 Å². The third-order valence-electron chi connectivity index (χ3n) is 3.24. The summed E-state index contributed by atoms with van der Waals surface area (Å²) in [6.45, 7) is 1.87. The van der Waals surface area contributed by atoms with Crippen LogP contribution in [0.2, 0.25) is 5.02 Å². The number of anilines is 1. The molecule has 1 amide bonds. The summed E-state index contributed by atoms with van der Waals surface area (Å²) in [5.41, 5.74) is 1.54. The topological polar surface area (TPSA) is 72.7 Å². The Hall–Kier alpha value is -2.38. The zero-order valence-corrected chi connectivity index (χ0v) is 14.3. The van der Waals surface area contributed by atoms with Crippen LogP contribution in [0, 0.1) is 0 Å². The molecule has 0 fully saturated rings. The van der Waals surface area contributed by atoms with Gasteiger partial charge in [-0.25, -0.2) is 4.68 Å². The third kappa shape index (κ3) is 4.12. The zero-order chi connectivity index (χ0) is 16.9. The summed E-state index contributed by atoms with van der Waals surface area (Å²) in [4.78, 5) is 13.3. The fraction of sp³-hybridized carbons (Fsp3) is 0.125. The number of carbonyl (C=O) groups is 1. The van der Waals surface area contributed by atoms with Crippen molar-refractivity contribution in [2.24, 2.45) is 0 Å². The fourth-order valence-electron chi connectivity index (χ4n) is 1.99. The van der Waals surface area contributed by atoms with E-state index in [0.717, 1.165) is 16.3 Å². The maximum absolute atomic E-state index is 12.3. The number of thioether (sulfide) groups is 1. The molecule has 2 aromatic carbocycles. The number of tetrazole rings is 1. The lowest BCUT2D eigenvalue weighted by molar-refractivity contribution is -0.115. The van der Waals surface area contributed by atoms with E-state index in [1.807, 2.05) is 55.5 Å². The monoisotopic (exact) mass is 359 g/mol. The molecule has 0 saturated carbocycles. The van der Waals surface area contributed by atoms with Crippen molar-refractivity contribution in [3.05, 3.63) is 59.9 Å². The molecule has 122 valence electrons. The van der Waals surface area contributed by atoms with Gasteiger partial charge in [0.05, 0.1) is 10.9 Å². The number of benzene rings is 2. The van der Waals surface area contributed by atoms with Gasteiger partial charge in [-0.05, 0) is 65.9 Å². The van der Waals surface area contributed by atoms with Crippen LogP contribution >= 0.6 is 23.4 Å². The molecule has 0 aliphatic carbocycles. The van der Waals surface area contributed by atoms with Gasteiger partial charge in [-0.1, -0.05) is 11.6 Å². The van der Waals surface area contributed by atoms with Gasteiger partial charge in [-0.3, -0.25) is 4.79 Å².